The summed E-state index contributed by atoms with van der Waals surface area (Å²) in [7, 11) is 2.14. The van der Waals surface area contributed by atoms with Gasteiger partial charge in [0.05, 0.1) is 13.1 Å². The molecule has 1 saturated heterocycles. The maximum absolute atomic E-state index is 9.06. The van der Waals surface area contributed by atoms with Gasteiger partial charge in [0.2, 0.25) is 0 Å². The number of rotatable bonds is 7. The van der Waals surface area contributed by atoms with Crippen molar-refractivity contribution in [3.8, 4) is 0 Å². The van der Waals surface area contributed by atoms with Gasteiger partial charge in [-0.25, -0.2) is 0 Å². The Hall–Kier alpha value is -1.56. The molecule has 0 radical (unpaired) electrons. The van der Waals surface area contributed by atoms with E-state index >= 15 is 0 Å². The Bertz CT molecular complexity index is 626. The molecule has 2 aromatic rings. The van der Waals surface area contributed by atoms with E-state index in [1.165, 1.54) is 12.8 Å². The molecule has 1 N–H and O–H groups in total. The fourth-order valence-electron chi connectivity index (χ4n) is 3.48. The van der Waals surface area contributed by atoms with Gasteiger partial charge in [0.25, 0.3) is 0 Å². The first-order valence-electron chi connectivity index (χ1n) is 8.77. The van der Waals surface area contributed by atoms with Crippen LogP contribution < -0.4 is 0 Å². The Labute approximate surface area is 143 Å². The topological polar surface area (TPSA) is 53.0 Å². The highest BCUT2D eigenvalue weighted by Crippen LogP contribution is 2.21. The summed E-state index contributed by atoms with van der Waals surface area (Å²) in [6.07, 6.45) is 2.45. The monoisotopic (exact) mass is 332 g/mol. The van der Waals surface area contributed by atoms with Gasteiger partial charge < -0.3 is 13.9 Å². The number of furan rings is 2. The third-order valence-electron chi connectivity index (χ3n) is 4.75. The lowest BCUT2D eigenvalue weighted by Gasteiger charge is -2.33. The maximum Gasteiger partial charge on any atom is 0.129 e. The van der Waals surface area contributed by atoms with Crippen molar-refractivity contribution in [2.45, 2.75) is 39.5 Å². The van der Waals surface area contributed by atoms with E-state index in [0.717, 1.165) is 55.9 Å². The van der Waals surface area contributed by atoms with E-state index in [1.807, 2.05) is 25.1 Å². The molecule has 0 aliphatic carbocycles. The van der Waals surface area contributed by atoms with Crippen LogP contribution in [0.25, 0.3) is 0 Å². The van der Waals surface area contributed by atoms with Crippen LogP contribution in [0, 0.1) is 12.8 Å². The third-order valence-corrected chi connectivity index (χ3v) is 4.75. The van der Waals surface area contributed by atoms with Gasteiger partial charge in [0, 0.05) is 6.54 Å². The molecule has 3 rings (SSSR count). The average molecular weight is 332 g/mol. The van der Waals surface area contributed by atoms with Crippen LogP contribution in [0.5, 0.6) is 0 Å². The Morgan fingerprint density at radius 3 is 2.42 bits per heavy atom. The third kappa shape index (κ3) is 4.72. The molecular formula is C19H28N2O3. The molecule has 0 bridgehead atoms. The van der Waals surface area contributed by atoms with E-state index in [0.29, 0.717) is 5.76 Å². The molecule has 3 heterocycles. The summed E-state index contributed by atoms with van der Waals surface area (Å²) in [6, 6.07) is 7.92. The van der Waals surface area contributed by atoms with Gasteiger partial charge >= 0.3 is 0 Å². The number of hydrogen-bond acceptors (Lipinski definition) is 5. The van der Waals surface area contributed by atoms with Gasteiger partial charge in [0.1, 0.15) is 29.6 Å². The van der Waals surface area contributed by atoms with Crippen LogP contribution in [0.4, 0.5) is 0 Å². The molecule has 2 aromatic heterocycles. The van der Waals surface area contributed by atoms with Crippen molar-refractivity contribution in [2.24, 2.45) is 5.92 Å². The summed E-state index contributed by atoms with van der Waals surface area (Å²) < 4.78 is 11.2. The number of aliphatic hydroxyl groups excluding tert-OH is 1. The second-order valence-electron chi connectivity index (χ2n) is 6.95. The second-order valence-corrected chi connectivity index (χ2v) is 6.95. The predicted molar refractivity (Wildman–Crippen MR) is 92.4 cm³/mol. The van der Waals surface area contributed by atoms with Gasteiger partial charge in [-0.05, 0) is 70.1 Å². The standard InChI is InChI=1S/C19H28N2O3/c1-15-3-4-18(23-15)13-21-9-7-16(8-10-21)11-20(2)12-17-5-6-19(14-22)24-17/h3-6,16,22H,7-14H2,1-2H3. The summed E-state index contributed by atoms with van der Waals surface area (Å²) in [5, 5.41) is 9.06. The van der Waals surface area contributed by atoms with Crippen molar-refractivity contribution < 1.29 is 13.9 Å². The van der Waals surface area contributed by atoms with E-state index in [4.69, 9.17) is 13.9 Å². The lowest BCUT2D eigenvalue weighted by atomic mass is 9.96. The van der Waals surface area contributed by atoms with Crippen molar-refractivity contribution in [1.82, 2.24) is 9.80 Å². The molecule has 1 aliphatic heterocycles. The Kier molecular flexibility index (Phi) is 5.76. The SMILES string of the molecule is Cc1ccc(CN2CCC(CN(C)Cc3ccc(CO)o3)CC2)o1. The Morgan fingerprint density at radius 2 is 1.79 bits per heavy atom. The van der Waals surface area contributed by atoms with Crippen molar-refractivity contribution in [2.75, 3.05) is 26.7 Å². The predicted octanol–water partition coefficient (Wildman–Crippen LogP) is 3.02. The molecule has 5 nitrogen and oxygen atoms in total. The zero-order valence-electron chi connectivity index (χ0n) is 14.7. The van der Waals surface area contributed by atoms with Crippen molar-refractivity contribution in [3.63, 3.8) is 0 Å². The maximum atomic E-state index is 9.06. The minimum atomic E-state index is -0.0304. The Morgan fingerprint density at radius 1 is 1.08 bits per heavy atom. The van der Waals surface area contributed by atoms with Crippen LogP contribution in [0.3, 0.4) is 0 Å². The van der Waals surface area contributed by atoms with E-state index in [9.17, 15) is 0 Å². The van der Waals surface area contributed by atoms with Crippen molar-refractivity contribution >= 4 is 0 Å². The van der Waals surface area contributed by atoms with Gasteiger partial charge in [0.15, 0.2) is 0 Å². The number of aryl methyl sites for hydroxylation is 1. The van der Waals surface area contributed by atoms with E-state index in [-0.39, 0.29) is 6.61 Å². The van der Waals surface area contributed by atoms with Crippen molar-refractivity contribution in [1.29, 1.82) is 0 Å². The van der Waals surface area contributed by atoms with Crippen LogP contribution in [0.1, 0.15) is 35.9 Å². The highest BCUT2D eigenvalue weighted by Gasteiger charge is 2.21. The first kappa shape index (κ1) is 17.3. The molecule has 1 fully saturated rings. The highest BCUT2D eigenvalue weighted by atomic mass is 16.4. The number of piperidine rings is 1. The summed E-state index contributed by atoms with van der Waals surface area (Å²) in [5.74, 6) is 4.35. The second kappa shape index (κ2) is 8.01. The number of likely N-dealkylation sites (tertiary alicyclic amines) is 1. The molecule has 132 valence electrons. The quantitative estimate of drug-likeness (QED) is 0.845. The summed E-state index contributed by atoms with van der Waals surface area (Å²) >= 11 is 0. The van der Waals surface area contributed by atoms with E-state index < -0.39 is 0 Å². The fourth-order valence-corrected chi connectivity index (χ4v) is 3.48. The molecule has 0 amide bonds. The summed E-state index contributed by atoms with van der Waals surface area (Å²) in [6.45, 7) is 7.04. The van der Waals surface area contributed by atoms with Crippen LogP contribution >= 0.6 is 0 Å². The highest BCUT2D eigenvalue weighted by molar-refractivity contribution is 5.06. The molecule has 0 spiro atoms. The minimum absolute atomic E-state index is 0.0304. The minimum Gasteiger partial charge on any atom is -0.465 e. The van der Waals surface area contributed by atoms with Crippen LogP contribution in [0.2, 0.25) is 0 Å². The van der Waals surface area contributed by atoms with Crippen molar-refractivity contribution in [3.05, 3.63) is 47.3 Å². The lowest BCUT2D eigenvalue weighted by molar-refractivity contribution is 0.136. The molecule has 5 heteroatoms. The first-order chi connectivity index (χ1) is 11.6. The molecule has 0 aromatic carbocycles. The fraction of sp³-hybridized carbons (Fsp3) is 0.579. The van der Waals surface area contributed by atoms with Gasteiger partial charge in [-0.2, -0.15) is 0 Å². The number of hydrogen-bond donors (Lipinski definition) is 1. The molecular weight excluding hydrogens is 304 g/mol. The zero-order valence-corrected chi connectivity index (χ0v) is 14.7. The molecule has 0 saturated carbocycles. The Balaban J connectivity index is 1.39. The molecule has 0 unspecified atom stereocenters. The number of aliphatic hydroxyl groups is 1. The normalized spacial score (nSPS) is 17.0. The zero-order chi connectivity index (χ0) is 16.9. The van der Waals surface area contributed by atoms with E-state index in [1.54, 1.807) is 0 Å². The summed E-state index contributed by atoms with van der Waals surface area (Å²) in [4.78, 5) is 4.80. The molecule has 1 aliphatic rings. The van der Waals surface area contributed by atoms with Gasteiger partial charge in [-0.15, -0.1) is 0 Å². The van der Waals surface area contributed by atoms with Gasteiger partial charge in [-0.3, -0.25) is 9.80 Å². The smallest absolute Gasteiger partial charge is 0.129 e. The average Bonchev–Trinajstić information content (AvgIpc) is 3.18. The summed E-state index contributed by atoms with van der Waals surface area (Å²) in [5.41, 5.74) is 0. The number of nitrogens with zero attached hydrogens (tertiary/aromatic N) is 2. The van der Waals surface area contributed by atoms with Gasteiger partial charge in [-0.1, -0.05) is 0 Å². The molecule has 0 atom stereocenters. The van der Waals surface area contributed by atoms with Crippen LogP contribution in [-0.4, -0.2) is 41.6 Å². The largest absolute Gasteiger partial charge is 0.465 e. The first-order valence-corrected chi connectivity index (χ1v) is 8.77. The molecule has 24 heavy (non-hydrogen) atoms. The lowest BCUT2D eigenvalue weighted by Crippen LogP contribution is -2.37. The van der Waals surface area contributed by atoms with E-state index in [2.05, 4.69) is 22.9 Å². The van der Waals surface area contributed by atoms with Crippen LogP contribution in [-0.2, 0) is 19.7 Å². The van der Waals surface area contributed by atoms with Crippen LogP contribution in [0.15, 0.2) is 33.1 Å².